The van der Waals surface area contributed by atoms with Crippen molar-refractivity contribution in [3.05, 3.63) is 52.1 Å². The molecular formula is C30H42N2O5S. The number of benzene rings is 2. The standard InChI is InChI=1S/C30H42N2O5S/c1-19-12-14-23(15-13-19)25-20(2)24-16-17-32(18-22-10-8-7-9-11-22)38(35,36)31-27(24)21(3)26(25)28(29(33)34)37-30(4,5)6/h12-15,22,28,31H,7-11,16-18H2,1-6H3,(H,33,34)/t28-/m0/s1. The molecule has 1 aliphatic carbocycles. The summed E-state index contributed by atoms with van der Waals surface area (Å²) in [5, 5.41) is 10.3. The number of anilines is 1. The lowest BCUT2D eigenvalue weighted by atomic mass is 9.83. The van der Waals surface area contributed by atoms with Crippen LogP contribution in [0.3, 0.4) is 0 Å². The zero-order chi connectivity index (χ0) is 27.8. The molecular weight excluding hydrogens is 500 g/mol. The molecule has 0 bridgehead atoms. The molecule has 0 spiro atoms. The monoisotopic (exact) mass is 542 g/mol. The Labute approximate surface area is 227 Å². The van der Waals surface area contributed by atoms with Gasteiger partial charge in [-0.15, -0.1) is 0 Å². The second kappa shape index (κ2) is 11.0. The first-order valence-electron chi connectivity index (χ1n) is 13.7. The van der Waals surface area contributed by atoms with Crippen LogP contribution in [-0.2, 0) is 26.2 Å². The Morgan fingerprint density at radius 1 is 1.08 bits per heavy atom. The predicted octanol–water partition coefficient (Wildman–Crippen LogP) is 6.31. The molecule has 0 amide bonds. The highest BCUT2D eigenvalue weighted by atomic mass is 32.2. The quantitative estimate of drug-likeness (QED) is 0.446. The SMILES string of the molecule is Cc1ccc(-c2c(C)c3c(c(C)c2[C@H](OC(C)(C)C)C(=O)O)NS(=O)(=O)N(CC2CCCCC2)CC3)cc1. The lowest BCUT2D eigenvalue weighted by Gasteiger charge is -2.30. The van der Waals surface area contributed by atoms with Gasteiger partial charge in [0.2, 0.25) is 0 Å². The highest BCUT2D eigenvalue weighted by molar-refractivity contribution is 7.90. The van der Waals surface area contributed by atoms with Gasteiger partial charge in [-0.05, 0) is 94.5 Å². The van der Waals surface area contributed by atoms with Crippen LogP contribution in [0.4, 0.5) is 5.69 Å². The summed E-state index contributed by atoms with van der Waals surface area (Å²) >= 11 is 0. The number of carbonyl (C=O) groups is 1. The van der Waals surface area contributed by atoms with E-state index in [0.717, 1.165) is 53.5 Å². The van der Waals surface area contributed by atoms with E-state index in [1.165, 1.54) is 6.42 Å². The molecule has 0 unspecified atom stereocenters. The number of hydrogen-bond donors (Lipinski definition) is 2. The summed E-state index contributed by atoms with van der Waals surface area (Å²) in [5.41, 5.74) is 5.46. The van der Waals surface area contributed by atoms with E-state index in [-0.39, 0.29) is 0 Å². The van der Waals surface area contributed by atoms with Crippen molar-refractivity contribution >= 4 is 21.9 Å². The first kappa shape index (κ1) is 28.6. The van der Waals surface area contributed by atoms with Crippen molar-refractivity contribution in [2.24, 2.45) is 5.92 Å². The number of carboxylic acids is 1. The molecule has 1 atom stereocenters. The van der Waals surface area contributed by atoms with Gasteiger partial charge < -0.3 is 9.84 Å². The van der Waals surface area contributed by atoms with Crippen LogP contribution in [-0.4, -0.2) is 42.5 Å². The topological polar surface area (TPSA) is 95.9 Å². The minimum Gasteiger partial charge on any atom is -0.479 e. The number of fused-ring (bicyclic) bond motifs is 1. The van der Waals surface area contributed by atoms with Crippen molar-refractivity contribution in [3.63, 3.8) is 0 Å². The van der Waals surface area contributed by atoms with Gasteiger partial charge in [0.25, 0.3) is 0 Å². The Morgan fingerprint density at radius 3 is 2.29 bits per heavy atom. The van der Waals surface area contributed by atoms with Gasteiger partial charge in [-0.1, -0.05) is 49.1 Å². The molecule has 7 nitrogen and oxygen atoms in total. The highest BCUT2D eigenvalue weighted by Crippen LogP contribution is 2.44. The number of nitrogens with one attached hydrogen (secondary N) is 1. The van der Waals surface area contributed by atoms with Gasteiger partial charge in [0.1, 0.15) is 0 Å². The first-order valence-corrected chi connectivity index (χ1v) is 15.1. The lowest BCUT2D eigenvalue weighted by Crippen LogP contribution is -2.39. The molecule has 1 saturated carbocycles. The normalized spacial score (nSPS) is 19.3. The second-order valence-electron chi connectivity index (χ2n) is 11.9. The van der Waals surface area contributed by atoms with Crippen LogP contribution in [0.1, 0.15) is 86.8 Å². The fourth-order valence-corrected chi connectivity index (χ4v) is 7.35. The first-order chi connectivity index (χ1) is 17.8. The van der Waals surface area contributed by atoms with Crippen LogP contribution in [0.25, 0.3) is 11.1 Å². The number of nitrogens with zero attached hydrogens (tertiary/aromatic N) is 1. The van der Waals surface area contributed by atoms with Crippen LogP contribution in [0, 0.1) is 26.7 Å². The van der Waals surface area contributed by atoms with Gasteiger partial charge in [-0.2, -0.15) is 12.7 Å². The van der Waals surface area contributed by atoms with E-state index < -0.39 is 27.9 Å². The third-order valence-electron chi connectivity index (χ3n) is 7.84. The number of rotatable bonds is 6. The largest absolute Gasteiger partial charge is 0.479 e. The molecule has 4 rings (SSSR count). The third-order valence-corrected chi connectivity index (χ3v) is 9.32. The molecule has 38 heavy (non-hydrogen) atoms. The minimum absolute atomic E-state index is 0.374. The summed E-state index contributed by atoms with van der Waals surface area (Å²) in [5.74, 6) is -0.731. The van der Waals surface area contributed by atoms with Crippen LogP contribution in [0.5, 0.6) is 0 Å². The number of hydrogen-bond acceptors (Lipinski definition) is 4. The van der Waals surface area contributed by atoms with E-state index in [4.69, 9.17) is 4.74 Å². The number of aliphatic carboxylic acids is 1. The summed E-state index contributed by atoms with van der Waals surface area (Å²) in [6, 6.07) is 8.02. The van der Waals surface area contributed by atoms with E-state index >= 15 is 0 Å². The maximum absolute atomic E-state index is 13.6. The maximum atomic E-state index is 13.6. The van der Waals surface area contributed by atoms with Gasteiger partial charge in [0, 0.05) is 18.7 Å². The molecule has 0 aromatic heterocycles. The maximum Gasteiger partial charge on any atom is 0.337 e. The molecule has 1 heterocycles. The molecule has 8 heteroatoms. The Hall–Kier alpha value is -2.42. The predicted molar refractivity (Wildman–Crippen MR) is 152 cm³/mol. The Kier molecular flexibility index (Phi) is 8.26. The fraction of sp³-hybridized carbons (Fsp3) is 0.567. The Morgan fingerprint density at radius 2 is 1.71 bits per heavy atom. The van der Waals surface area contributed by atoms with Crippen molar-refractivity contribution in [1.82, 2.24) is 4.31 Å². The second-order valence-corrected chi connectivity index (χ2v) is 13.6. The molecule has 2 aliphatic rings. The summed E-state index contributed by atoms with van der Waals surface area (Å²) in [6.45, 7) is 12.2. The average Bonchev–Trinajstić information content (AvgIpc) is 2.97. The van der Waals surface area contributed by atoms with E-state index in [1.54, 1.807) is 4.31 Å². The van der Waals surface area contributed by atoms with Gasteiger partial charge in [-0.25, -0.2) is 4.79 Å². The summed E-state index contributed by atoms with van der Waals surface area (Å²) in [6.07, 6.45) is 4.93. The summed E-state index contributed by atoms with van der Waals surface area (Å²) < 4.78 is 37.8. The zero-order valence-electron chi connectivity index (χ0n) is 23.6. The van der Waals surface area contributed by atoms with Crippen LogP contribution >= 0.6 is 0 Å². The fourth-order valence-electron chi connectivity index (χ4n) is 5.94. The summed E-state index contributed by atoms with van der Waals surface area (Å²) in [7, 11) is -3.80. The molecule has 208 valence electrons. The van der Waals surface area contributed by atoms with Gasteiger partial charge in [0.15, 0.2) is 6.10 Å². The molecule has 2 aromatic rings. The molecule has 0 radical (unpaired) electrons. The molecule has 0 saturated heterocycles. The van der Waals surface area contributed by atoms with Crippen LogP contribution in [0.2, 0.25) is 0 Å². The molecule has 2 aromatic carbocycles. The third kappa shape index (κ3) is 6.08. The van der Waals surface area contributed by atoms with Gasteiger partial charge in [-0.3, -0.25) is 4.72 Å². The number of ether oxygens (including phenoxy) is 1. The van der Waals surface area contributed by atoms with Crippen molar-refractivity contribution in [2.75, 3.05) is 17.8 Å². The van der Waals surface area contributed by atoms with E-state index in [2.05, 4.69) is 4.72 Å². The highest BCUT2D eigenvalue weighted by Gasteiger charge is 2.37. The molecule has 2 N–H and O–H groups in total. The molecule has 1 fully saturated rings. The van der Waals surface area contributed by atoms with E-state index in [1.807, 2.05) is 65.8 Å². The minimum atomic E-state index is -3.80. The summed E-state index contributed by atoms with van der Waals surface area (Å²) in [4.78, 5) is 12.6. The van der Waals surface area contributed by atoms with Gasteiger partial charge in [0.05, 0.1) is 11.3 Å². The van der Waals surface area contributed by atoms with Gasteiger partial charge >= 0.3 is 16.2 Å². The van der Waals surface area contributed by atoms with Crippen LogP contribution < -0.4 is 4.72 Å². The van der Waals surface area contributed by atoms with Crippen molar-refractivity contribution < 1.29 is 23.1 Å². The Bertz CT molecular complexity index is 1290. The number of carboxylic acid groups (broad SMARTS) is 1. The number of aryl methyl sites for hydroxylation is 1. The molecule has 1 aliphatic heterocycles. The Balaban J connectivity index is 1.89. The van der Waals surface area contributed by atoms with Crippen molar-refractivity contribution in [2.45, 2.75) is 91.8 Å². The van der Waals surface area contributed by atoms with Crippen molar-refractivity contribution in [1.29, 1.82) is 0 Å². The zero-order valence-corrected chi connectivity index (χ0v) is 24.4. The van der Waals surface area contributed by atoms with Crippen molar-refractivity contribution in [3.8, 4) is 11.1 Å². The van der Waals surface area contributed by atoms with Crippen LogP contribution in [0.15, 0.2) is 24.3 Å². The smallest absolute Gasteiger partial charge is 0.337 e. The average molecular weight is 543 g/mol. The van der Waals surface area contributed by atoms with E-state index in [0.29, 0.717) is 42.2 Å². The van der Waals surface area contributed by atoms with E-state index in [9.17, 15) is 18.3 Å². The lowest BCUT2D eigenvalue weighted by molar-refractivity contribution is -0.160.